The maximum absolute atomic E-state index is 12.2. The molecule has 0 aliphatic heterocycles. The van der Waals surface area contributed by atoms with Crippen molar-refractivity contribution in [2.45, 2.75) is 32.9 Å². The van der Waals surface area contributed by atoms with Gasteiger partial charge in [0.25, 0.3) is 11.6 Å². The number of aromatic nitrogens is 2. The second kappa shape index (κ2) is 7.64. The molecule has 10 nitrogen and oxygen atoms in total. The molecule has 1 amide bonds. The number of ether oxygens (including phenoxy) is 1. The minimum absolute atomic E-state index is 0.0195. The van der Waals surface area contributed by atoms with Crippen molar-refractivity contribution in [3.63, 3.8) is 0 Å². The highest BCUT2D eigenvalue weighted by Crippen LogP contribution is 2.21. The number of amides is 1. The van der Waals surface area contributed by atoms with E-state index in [4.69, 9.17) is 10.5 Å². The van der Waals surface area contributed by atoms with Gasteiger partial charge in [0.15, 0.2) is 6.10 Å². The Morgan fingerprint density at radius 3 is 2.62 bits per heavy atom. The summed E-state index contributed by atoms with van der Waals surface area (Å²) in [6.45, 7) is 5.19. The lowest BCUT2D eigenvalue weighted by Gasteiger charge is -2.16. The zero-order valence-electron chi connectivity index (χ0n) is 14.5. The number of carbonyl (C=O) groups excluding carboxylic acids is 2. The van der Waals surface area contributed by atoms with Crippen molar-refractivity contribution in [1.29, 1.82) is 0 Å². The van der Waals surface area contributed by atoms with Crippen LogP contribution in [0, 0.1) is 10.1 Å². The van der Waals surface area contributed by atoms with Crippen molar-refractivity contribution >= 4 is 29.1 Å². The number of carbonyl (C=O) groups is 2. The second-order valence-electron chi connectivity index (χ2n) is 5.82. The SMILES string of the molecule is CC(C)n1nccc1NC(=O)[C@H](C)OC(=O)c1cc([N+](=O)[O-])ccc1N. The second-order valence-corrected chi connectivity index (χ2v) is 5.82. The lowest BCUT2D eigenvalue weighted by molar-refractivity contribution is -0.384. The van der Waals surface area contributed by atoms with Crippen LogP contribution in [0.5, 0.6) is 0 Å². The van der Waals surface area contributed by atoms with E-state index in [-0.39, 0.29) is 23.0 Å². The first-order valence-electron chi connectivity index (χ1n) is 7.80. The predicted molar refractivity (Wildman–Crippen MR) is 93.6 cm³/mol. The number of nitrogen functional groups attached to an aromatic ring is 1. The normalized spacial score (nSPS) is 11.8. The number of nitrogens with two attached hydrogens (primary N) is 1. The van der Waals surface area contributed by atoms with Crippen molar-refractivity contribution < 1.29 is 19.2 Å². The number of rotatable bonds is 6. The standard InChI is InChI=1S/C16H19N5O5/c1-9(2)20-14(6-7-18-20)19-15(22)10(3)26-16(23)12-8-11(21(24)25)4-5-13(12)17/h4-10H,17H2,1-3H3,(H,19,22)/t10-/m0/s1. The molecule has 0 fully saturated rings. The highest BCUT2D eigenvalue weighted by atomic mass is 16.6. The summed E-state index contributed by atoms with van der Waals surface area (Å²) in [5.41, 5.74) is 5.21. The topological polar surface area (TPSA) is 142 Å². The highest BCUT2D eigenvalue weighted by molar-refractivity contribution is 5.99. The molecule has 2 rings (SSSR count). The van der Waals surface area contributed by atoms with Gasteiger partial charge >= 0.3 is 5.97 Å². The molecular formula is C16H19N5O5. The van der Waals surface area contributed by atoms with Crippen LogP contribution in [0.2, 0.25) is 0 Å². The number of nitrogens with one attached hydrogen (secondary N) is 1. The maximum atomic E-state index is 12.2. The number of nitro groups is 1. The number of benzene rings is 1. The summed E-state index contributed by atoms with van der Waals surface area (Å²) in [5, 5.41) is 17.5. The molecule has 10 heteroatoms. The molecule has 3 N–H and O–H groups in total. The molecule has 0 aliphatic rings. The van der Waals surface area contributed by atoms with Crippen molar-refractivity contribution in [1.82, 2.24) is 9.78 Å². The van der Waals surface area contributed by atoms with Crippen molar-refractivity contribution in [3.8, 4) is 0 Å². The van der Waals surface area contributed by atoms with E-state index >= 15 is 0 Å². The van der Waals surface area contributed by atoms with Gasteiger partial charge in [-0.15, -0.1) is 0 Å². The number of hydrogen-bond donors (Lipinski definition) is 2. The van der Waals surface area contributed by atoms with E-state index in [1.54, 1.807) is 10.7 Å². The Labute approximate surface area is 149 Å². The third-order valence-corrected chi connectivity index (χ3v) is 3.53. The Bertz CT molecular complexity index is 845. The van der Waals surface area contributed by atoms with Gasteiger partial charge in [-0.2, -0.15) is 5.10 Å². The summed E-state index contributed by atoms with van der Waals surface area (Å²) < 4.78 is 6.68. The predicted octanol–water partition coefficient (Wildman–Crippen LogP) is 2.14. The molecule has 1 heterocycles. The molecule has 0 saturated heterocycles. The first-order valence-corrected chi connectivity index (χ1v) is 7.80. The first-order chi connectivity index (χ1) is 12.2. The van der Waals surface area contributed by atoms with Crippen LogP contribution in [0.1, 0.15) is 37.2 Å². The number of nitrogens with zero attached hydrogens (tertiary/aromatic N) is 3. The zero-order chi connectivity index (χ0) is 19.4. The van der Waals surface area contributed by atoms with Crippen LogP contribution < -0.4 is 11.1 Å². The average Bonchev–Trinajstić information content (AvgIpc) is 3.03. The molecule has 0 bridgehead atoms. The molecule has 26 heavy (non-hydrogen) atoms. The molecule has 1 aromatic heterocycles. The fraction of sp³-hybridized carbons (Fsp3) is 0.312. The maximum Gasteiger partial charge on any atom is 0.341 e. The largest absolute Gasteiger partial charge is 0.449 e. The Morgan fingerprint density at radius 1 is 1.31 bits per heavy atom. The highest BCUT2D eigenvalue weighted by Gasteiger charge is 2.23. The van der Waals surface area contributed by atoms with Crippen LogP contribution in [-0.4, -0.2) is 32.7 Å². The fourth-order valence-electron chi connectivity index (χ4n) is 2.16. The summed E-state index contributed by atoms with van der Waals surface area (Å²) in [5.74, 6) is -1.03. The van der Waals surface area contributed by atoms with Gasteiger partial charge in [-0.05, 0) is 26.8 Å². The molecule has 0 radical (unpaired) electrons. The molecule has 1 aromatic carbocycles. The minimum Gasteiger partial charge on any atom is -0.449 e. The Morgan fingerprint density at radius 2 is 2.00 bits per heavy atom. The summed E-state index contributed by atoms with van der Waals surface area (Å²) in [4.78, 5) is 34.6. The van der Waals surface area contributed by atoms with Crippen molar-refractivity contribution in [3.05, 3.63) is 46.1 Å². The van der Waals surface area contributed by atoms with Crippen LogP contribution >= 0.6 is 0 Å². The van der Waals surface area contributed by atoms with E-state index in [0.29, 0.717) is 5.82 Å². The summed E-state index contributed by atoms with van der Waals surface area (Å²) in [6, 6.07) is 5.07. The van der Waals surface area contributed by atoms with E-state index in [0.717, 1.165) is 6.07 Å². The summed E-state index contributed by atoms with van der Waals surface area (Å²) >= 11 is 0. The number of hydrogen-bond acceptors (Lipinski definition) is 7. The van der Waals surface area contributed by atoms with Gasteiger partial charge < -0.3 is 15.8 Å². The molecule has 138 valence electrons. The third-order valence-electron chi connectivity index (χ3n) is 3.53. The van der Waals surface area contributed by atoms with Crippen LogP contribution in [0.15, 0.2) is 30.5 Å². The lowest BCUT2D eigenvalue weighted by atomic mass is 10.1. The number of anilines is 2. The van der Waals surface area contributed by atoms with Gasteiger partial charge in [-0.25, -0.2) is 9.48 Å². The van der Waals surface area contributed by atoms with Gasteiger partial charge in [0.2, 0.25) is 0 Å². The van der Waals surface area contributed by atoms with E-state index in [2.05, 4.69) is 10.4 Å². The molecular weight excluding hydrogens is 342 g/mol. The summed E-state index contributed by atoms with van der Waals surface area (Å²) in [7, 11) is 0. The molecule has 0 aliphatic carbocycles. The van der Waals surface area contributed by atoms with Crippen molar-refractivity contribution in [2.75, 3.05) is 11.1 Å². The molecule has 0 spiro atoms. The van der Waals surface area contributed by atoms with E-state index in [1.807, 2.05) is 13.8 Å². The third kappa shape index (κ3) is 4.15. The Hall–Kier alpha value is -3.43. The Balaban J connectivity index is 2.09. The molecule has 0 unspecified atom stereocenters. The summed E-state index contributed by atoms with van der Waals surface area (Å²) in [6.07, 6.45) is 0.396. The van der Waals surface area contributed by atoms with E-state index in [1.165, 1.54) is 25.3 Å². The average molecular weight is 361 g/mol. The van der Waals surface area contributed by atoms with Crippen LogP contribution in [0.4, 0.5) is 17.2 Å². The fourth-order valence-corrected chi connectivity index (χ4v) is 2.16. The van der Waals surface area contributed by atoms with Crippen LogP contribution in [-0.2, 0) is 9.53 Å². The first kappa shape index (κ1) is 18.9. The van der Waals surface area contributed by atoms with Gasteiger partial charge in [-0.3, -0.25) is 14.9 Å². The Kier molecular flexibility index (Phi) is 5.55. The van der Waals surface area contributed by atoms with Gasteiger partial charge in [0.05, 0.1) is 16.7 Å². The smallest absolute Gasteiger partial charge is 0.341 e. The molecule has 2 aromatic rings. The molecule has 0 saturated carbocycles. The number of nitro benzene ring substituents is 1. The van der Waals surface area contributed by atoms with Crippen LogP contribution in [0.3, 0.4) is 0 Å². The van der Waals surface area contributed by atoms with Gasteiger partial charge in [0.1, 0.15) is 5.82 Å². The number of non-ortho nitro benzene ring substituents is 1. The van der Waals surface area contributed by atoms with Crippen molar-refractivity contribution in [2.24, 2.45) is 0 Å². The monoisotopic (exact) mass is 361 g/mol. The molecule has 1 atom stereocenters. The lowest BCUT2D eigenvalue weighted by Crippen LogP contribution is -2.31. The van der Waals surface area contributed by atoms with Gasteiger partial charge in [-0.1, -0.05) is 0 Å². The minimum atomic E-state index is -1.14. The zero-order valence-corrected chi connectivity index (χ0v) is 14.5. The van der Waals surface area contributed by atoms with Gasteiger partial charge in [0, 0.05) is 29.9 Å². The van der Waals surface area contributed by atoms with E-state index < -0.39 is 22.9 Å². The number of esters is 1. The van der Waals surface area contributed by atoms with Crippen LogP contribution in [0.25, 0.3) is 0 Å². The quantitative estimate of drug-likeness (QED) is 0.347. The van der Waals surface area contributed by atoms with E-state index in [9.17, 15) is 19.7 Å².